The molecule has 0 heteroatoms. The zero-order valence-corrected chi connectivity index (χ0v) is 10.0. The summed E-state index contributed by atoms with van der Waals surface area (Å²) in [5.41, 5.74) is 0. The van der Waals surface area contributed by atoms with Crippen molar-refractivity contribution in [2.45, 2.75) is 53.9 Å². The van der Waals surface area contributed by atoms with E-state index in [0.29, 0.717) is 0 Å². The lowest BCUT2D eigenvalue weighted by Crippen LogP contribution is -2.11. The summed E-state index contributed by atoms with van der Waals surface area (Å²) in [5.74, 6) is 2.33. The highest BCUT2D eigenvalue weighted by atomic mass is 14.2. The van der Waals surface area contributed by atoms with Gasteiger partial charge in [-0.2, -0.15) is 0 Å². The molecule has 0 saturated heterocycles. The quantitative estimate of drug-likeness (QED) is 0.414. The molecule has 13 heavy (non-hydrogen) atoms. The number of allylic oxidation sites excluding steroid dienone is 2. The molecular formula is C13H26. The van der Waals surface area contributed by atoms with Crippen LogP contribution < -0.4 is 0 Å². The van der Waals surface area contributed by atoms with Gasteiger partial charge in [0.2, 0.25) is 0 Å². The Morgan fingerprint density at radius 3 is 2.15 bits per heavy atom. The zero-order chi connectivity index (χ0) is 10.3. The second-order valence-corrected chi connectivity index (χ2v) is 4.53. The smallest absolute Gasteiger partial charge is 0.0234 e. The molecule has 0 rings (SSSR count). The van der Waals surface area contributed by atoms with Crippen LogP contribution in [0.1, 0.15) is 53.9 Å². The van der Waals surface area contributed by atoms with Gasteiger partial charge >= 0.3 is 0 Å². The summed E-state index contributed by atoms with van der Waals surface area (Å²) in [7, 11) is 0. The number of hydrogen-bond donors (Lipinski definition) is 0. The van der Waals surface area contributed by atoms with E-state index in [-0.39, 0.29) is 0 Å². The Labute approximate surface area is 84.4 Å². The van der Waals surface area contributed by atoms with Crippen LogP contribution >= 0.6 is 0 Å². The van der Waals surface area contributed by atoms with E-state index in [1.807, 2.05) is 0 Å². The van der Waals surface area contributed by atoms with Crippen molar-refractivity contribution in [2.24, 2.45) is 17.8 Å². The van der Waals surface area contributed by atoms with E-state index < -0.39 is 0 Å². The molecule has 0 amide bonds. The van der Waals surface area contributed by atoms with E-state index in [9.17, 15) is 0 Å². The highest BCUT2D eigenvalue weighted by molar-refractivity contribution is 4.89. The predicted molar refractivity (Wildman–Crippen MR) is 61.8 cm³/mol. The van der Waals surface area contributed by atoms with Crippen molar-refractivity contribution in [3.05, 3.63) is 12.2 Å². The van der Waals surface area contributed by atoms with Crippen molar-refractivity contribution in [3.8, 4) is 0 Å². The Morgan fingerprint density at radius 2 is 1.69 bits per heavy atom. The van der Waals surface area contributed by atoms with Crippen LogP contribution in [0.4, 0.5) is 0 Å². The van der Waals surface area contributed by atoms with Gasteiger partial charge < -0.3 is 0 Å². The molecule has 78 valence electrons. The van der Waals surface area contributed by atoms with Gasteiger partial charge in [0.25, 0.3) is 0 Å². The molecule has 0 aromatic rings. The largest absolute Gasteiger partial charge is 0.0883 e. The topological polar surface area (TPSA) is 0 Å². The number of rotatable bonds is 6. The standard InChI is InChI=1S/C13H26/c1-6-7-8-9-10-12(4)13(5)11(2)3/h9-13H,6-8H2,1-5H3/b10-9+. The second kappa shape index (κ2) is 7.17. The van der Waals surface area contributed by atoms with Gasteiger partial charge in [0, 0.05) is 0 Å². The summed E-state index contributed by atoms with van der Waals surface area (Å²) < 4.78 is 0. The van der Waals surface area contributed by atoms with Gasteiger partial charge in [0.15, 0.2) is 0 Å². The van der Waals surface area contributed by atoms with E-state index in [0.717, 1.165) is 17.8 Å². The Bertz CT molecular complexity index is 133. The minimum absolute atomic E-state index is 0.733. The monoisotopic (exact) mass is 182 g/mol. The molecular weight excluding hydrogens is 156 g/mol. The Kier molecular flexibility index (Phi) is 7.03. The highest BCUT2D eigenvalue weighted by Crippen LogP contribution is 2.21. The lowest BCUT2D eigenvalue weighted by atomic mass is 9.86. The summed E-state index contributed by atoms with van der Waals surface area (Å²) >= 11 is 0. The molecule has 0 heterocycles. The van der Waals surface area contributed by atoms with Gasteiger partial charge in [0.1, 0.15) is 0 Å². The third-order valence-corrected chi connectivity index (χ3v) is 3.04. The molecule has 2 unspecified atom stereocenters. The van der Waals surface area contributed by atoms with Gasteiger partial charge in [-0.05, 0) is 24.2 Å². The minimum Gasteiger partial charge on any atom is -0.0883 e. The van der Waals surface area contributed by atoms with Crippen molar-refractivity contribution < 1.29 is 0 Å². The van der Waals surface area contributed by atoms with Gasteiger partial charge in [-0.15, -0.1) is 0 Å². The zero-order valence-electron chi connectivity index (χ0n) is 10.0. The van der Waals surface area contributed by atoms with Crippen molar-refractivity contribution in [3.63, 3.8) is 0 Å². The molecule has 0 aromatic heterocycles. The SMILES string of the molecule is CCCC/C=C/C(C)C(C)C(C)C. The molecule has 0 aromatic carbocycles. The van der Waals surface area contributed by atoms with Crippen molar-refractivity contribution >= 4 is 0 Å². The van der Waals surface area contributed by atoms with E-state index in [1.54, 1.807) is 0 Å². The lowest BCUT2D eigenvalue weighted by Gasteiger charge is -2.20. The van der Waals surface area contributed by atoms with Gasteiger partial charge in [-0.3, -0.25) is 0 Å². The second-order valence-electron chi connectivity index (χ2n) is 4.53. The molecule has 0 saturated carbocycles. The van der Waals surface area contributed by atoms with E-state index in [4.69, 9.17) is 0 Å². The molecule has 0 spiro atoms. The van der Waals surface area contributed by atoms with E-state index in [2.05, 4.69) is 46.8 Å². The number of unbranched alkanes of at least 4 members (excludes halogenated alkanes) is 2. The minimum atomic E-state index is 0.733. The normalized spacial score (nSPS) is 16.8. The van der Waals surface area contributed by atoms with E-state index in [1.165, 1.54) is 19.3 Å². The fourth-order valence-electron chi connectivity index (χ4n) is 1.42. The Morgan fingerprint density at radius 1 is 1.08 bits per heavy atom. The summed E-state index contributed by atoms with van der Waals surface area (Å²) in [4.78, 5) is 0. The first-order chi connectivity index (χ1) is 6.09. The van der Waals surface area contributed by atoms with Crippen LogP contribution in [0.5, 0.6) is 0 Å². The molecule has 0 aliphatic heterocycles. The van der Waals surface area contributed by atoms with E-state index >= 15 is 0 Å². The third-order valence-electron chi connectivity index (χ3n) is 3.04. The molecule has 0 aliphatic carbocycles. The van der Waals surface area contributed by atoms with Crippen LogP contribution in [-0.4, -0.2) is 0 Å². The third kappa shape index (κ3) is 5.90. The average molecular weight is 182 g/mol. The van der Waals surface area contributed by atoms with Crippen LogP contribution in [0.2, 0.25) is 0 Å². The maximum atomic E-state index is 2.39. The van der Waals surface area contributed by atoms with Gasteiger partial charge in [-0.25, -0.2) is 0 Å². The van der Waals surface area contributed by atoms with Crippen molar-refractivity contribution in [2.75, 3.05) is 0 Å². The summed E-state index contributed by atoms with van der Waals surface area (Å²) in [5, 5.41) is 0. The lowest BCUT2D eigenvalue weighted by molar-refractivity contribution is 0.342. The van der Waals surface area contributed by atoms with Crippen LogP contribution in [0.15, 0.2) is 12.2 Å². The fourth-order valence-corrected chi connectivity index (χ4v) is 1.42. The maximum absolute atomic E-state index is 2.39. The van der Waals surface area contributed by atoms with Crippen LogP contribution in [0.3, 0.4) is 0 Å². The molecule has 0 aliphatic rings. The van der Waals surface area contributed by atoms with Gasteiger partial charge in [-0.1, -0.05) is 59.6 Å². The molecule has 2 atom stereocenters. The molecule has 0 bridgehead atoms. The van der Waals surface area contributed by atoms with Crippen LogP contribution in [0.25, 0.3) is 0 Å². The average Bonchev–Trinajstić information content (AvgIpc) is 2.10. The first-order valence-corrected chi connectivity index (χ1v) is 5.76. The molecule has 0 N–H and O–H groups in total. The summed E-state index contributed by atoms with van der Waals surface area (Å²) in [6.45, 7) is 11.5. The predicted octanol–water partition coefficient (Wildman–Crippen LogP) is 4.66. The highest BCUT2D eigenvalue weighted by Gasteiger charge is 2.12. The Hall–Kier alpha value is -0.260. The maximum Gasteiger partial charge on any atom is -0.0234 e. The molecule has 0 nitrogen and oxygen atoms in total. The first kappa shape index (κ1) is 12.7. The van der Waals surface area contributed by atoms with Crippen molar-refractivity contribution in [1.29, 1.82) is 0 Å². The summed E-state index contributed by atoms with van der Waals surface area (Å²) in [6.07, 6.45) is 8.64. The van der Waals surface area contributed by atoms with Crippen LogP contribution in [0, 0.1) is 17.8 Å². The first-order valence-electron chi connectivity index (χ1n) is 5.76. The summed E-state index contributed by atoms with van der Waals surface area (Å²) in [6, 6.07) is 0. The number of hydrogen-bond acceptors (Lipinski definition) is 0. The molecule has 0 radical (unpaired) electrons. The van der Waals surface area contributed by atoms with Crippen molar-refractivity contribution in [1.82, 2.24) is 0 Å². The molecule has 0 fully saturated rings. The van der Waals surface area contributed by atoms with Crippen LogP contribution in [-0.2, 0) is 0 Å². The Balaban J connectivity index is 3.71. The fraction of sp³-hybridized carbons (Fsp3) is 0.846. The van der Waals surface area contributed by atoms with Gasteiger partial charge in [0.05, 0.1) is 0 Å².